The summed E-state index contributed by atoms with van der Waals surface area (Å²) in [4.78, 5) is 62.0. The lowest BCUT2D eigenvalue weighted by molar-refractivity contribution is -0.198. The summed E-state index contributed by atoms with van der Waals surface area (Å²) in [6.45, 7) is 0.0320. The largest absolute Gasteiger partial charge is 0.383 e. The van der Waals surface area contributed by atoms with Crippen LogP contribution in [0.2, 0.25) is 0 Å². The Balaban J connectivity index is 1.76. The zero-order valence-electron chi connectivity index (χ0n) is 10.9. The smallest absolute Gasteiger partial charge is 0.333 e. The Morgan fingerprint density at radius 3 is 2.38 bits per heavy atom. The van der Waals surface area contributed by atoms with Crippen LogP contribution in [0.1, 0.15) is 19.3 Å². The van der Waals surface area contributed by atoms with Crippen molar-refractivity contribution in [2.75, 3.05) is 6.54 Å². The normalized spacial score (nSPS) is 21.7. The summed E-state index contributed by atoms with van der Waals surface area (Å²) in [5.41, 5.74) is 0. The number of aliphatic hydroxyl groups is 1. The van der Waals surface area contributed by atoms with Crippen LogP contribution in [0.3, 0.4) is 0 Å². The maximum absolute atomic E-state index is 11.5. The predicted molar refractivity (Wildman–Crippen MR) is 63.7 cm³/mol. The van der Waals surface area contributed by atoms with Crippen molar-refractivity contribution in [3.05, 3.63) is 12.2 Å². The number of carbonyl (C=O) groups excluding carboxylic acids is 5. The van der Waals surface area contributed by atoms with E-state index in [4.69, 9.17) is 5.11 Å². The second-order valence-electron chi connectivity index (χ2n) is 4.47. The van der Waals surface area contributed by atoms with Gasteiger partial charge in [-0.2, -0.15) is 0 Å². The van der Waals surface area contributed by atoms with Crippen molar-refractivity contribution in [1.82, 2.24) is 9.96 Å². The molecular weight excluding hydrogens is 284 g/mol. The Kier molecular flexibility index (Phi) is 4.13. The standard InChI is InChI=1S/C12H12N2O7/c15-7-6-10(18)14(12(7)20)21-11(19)2-1-5-13-8(16)3-4-9(13)17/h3-4,7,15H,1-2,5-6H2. The van der Waals surface area contributed by atoms with E-state index in [9.17, 15) is 24.0 Å². The summed E-state index contributed by atoms with van der Waals surface area (Å²) in [5.74, 6) is -3.56. The van der Waals surface area contributed by atoms with Crippen molar-refractivity contribution in [1.29, 1.82) is 0 Å². The van der Waals surface area contributed by atoms with E-state index in [0.29, 0.717) is 0 Å². The van der Waals surface area contributed by atoms with Gasteiger partial charge in [-0.3, -0.25) is 24.1 Å². The van der Waals surface area contributed by atoms with Crippen LogP contribution in [0.25, 0.3) is 0 Å². The molecule has 1 N–H and O–H groups in total. The lowest BCUT2D eigenvalue weighted by Crippen LogP contribution is -2.35. The van der Waals surface area contributed by atoms with Gasteiger partial charge in [0, 0.05) is 25.1 Å². The number of aliphatic hydroxyl groups excluding tert-OH is 1. The summed E-state index contributed by atoms with van der Waals surface area (Å²) in [7, 11) is 0. The molecule has 0 aromatic rings. The third kappa shape index (κ3) is 3.14. The molecule has 1 fully saturated rings. The van der Waals surface area contributed by atoms with Crippen LogP contribution in [0, 0.1) is 0 Å². The molecule has 2 rings (SSSR count). The van der Waals surface area contributed by atoms with E-state index in [1.807, 2.05) is 0 Å². The van der Waals surface area contributed by atoms with E-state index >= 15 is 0 Å². The molecule has 0 aromatic heterocycles. The lowest BCUT2D eigenvalue weighted by Gasteiger charge is -2.15. The van der Waals surface area contributed by atoms with E-state index in [2.05, 4.69) is 4.84 Å². The molecule has 1 unspecified atom stereocenters. The van der Waals surface area contributed by atoms with E-state index in [1.165, 1.54) is 0 Å². The van der Waals surface area contributed by atoms with E-state index in [1.54, 1.807) is 0 Å². The number of hydrogen-bond acceptors (Lipinski definition) is 7. The molecule has 2 aliphatic rings. The molecule has 1 atom stereocenters. The summed E-state index contributed by atoms with van der Waals surface area (Å²) >= 11 is 0. The minimum absolute atomic E-state index is 0.0320. The molecular formula is C12H12N2O7. The Labute approximate surface area is 118 Å². The van der Waals surface area contributed by atoms with Crippen LogP contribution < -0.4 is 0 Å². The summed E-state index contributed by atoms with van der Waals surface area (Å²) in [6, 6.07) is 0. The van der Waals surface area contributed by atoms with Crippen LogP contribution in [-0.4, -0.2) is 57.3 Å². The highest BCUT2D eigenvalue weighted by atomic mass is 16.7. The third-order valence-electron chi connectivity index (χ3n) is 2.94. The minimum Gasteiger partial charge on any atom is -0.383 e. The van der Waals surface area contributed by atoms with Gasteiger partial charge in [-0.05, 0) is 6.42 Å². The number of rotatable bonds is 5. The van der Waals surface area contributed by atoms with Gasteiger partial charge < -0.3 is 9.94 Å². The molecule has 0 spiro atoms. The van der Waals surface area contributed by atoms with Crippen molar-refractivity contribution >= 4 is 29.6 Å². The van der Waals surface area contributed by atoms with Crippen molar-refractivity contribution in [2.24, 2.45) is 0 Å². The van der Waals surface area contributed by atoms with Crippen LogP contribution in [0.5, 0.6) is 0 Å². The molecule has 2 aliphatic heterocycles. The quantitative estimate of drug-likeness (QED) is 0.598. The van der Waals surface area contributed by atoms with E-state index in [-0.39, 0.29) is 24.4 Å². The minimum atomic E-state index is -1.49. The summed E-state index contributed by atoms with van der Waals surface area (Å²) < 4.78 is 0. The van der Waals surface area contributed by atoms with Gasteiger partial charge in [0.2, 0.25) is 0 Å². The first-order valence-electron chi connectivity index (χ1n) is 6.19. The van der Waals surface area contributed by atoms with Gasteiger partial charge in [-0.15, -0.1) is 0 Å². The molecule has 0 saturated carbocycles. The molecule has 2 heterocycles. The predicted octanol–water partition coefficient (Wildman–Crippen LogP) is -1.73. The molecule has 21 heavy (non-hydrogen) atoms. The fourth-order valence-electron chi connectivity index (χ4n) is 1.87. The molecule has 0 bridgehead atoms. The molecule has 0 radical (unpaired) electrons. The van der Waals surface area contributed by atoms with Crippen molar-refractivity contribution in [3.8, 4) is 0 Å². The maximum Gasteiger partial charge on any atom is 0.333 e. The highest BCUT2D eigenvalue weighted by Crippen LogP contribution is 2.14. The molecule has 9 nitrogen and oxygen atoms in total. The number of amides is 4. The first-order valence-corrected chi connectivity index (χ1v) is 6.19. The van der Waals surface area contributed by atoms with E-state index in [0.717, 1.165) is 17.1 Å². The summed E-state index contributed by atoms with van der Waals surface area (Å²) in [5, 5.41) is 9.37. The van der Waals surface area contributed by atoms with Gasteiger partial charge in [-0.25, -0.2) is 4.79 Å². The molecule has 0 aliphatic carbocycles. The Morgan fingerprint density at radius 2 is 1.86 bits per heavy atom. The number of carbonyl (C=O) groups is 5. The van der Waals surface area contributed by atoms with Crippen LogP contribution in [0.15, 0.2) is 12.2 Å². The zero-order valence-corrected chi connectivity index (χ0v) is 10.9. The second kappa shape index (κ2) is 5.83. The average Bonchev–Trinajstić information content (AvgIpc) is 2.86. The first-order chi connectivity index (χ1) is 9.90. The van der Waals surface area contributed by atoms with Crippen molar-refractivity contribution < 1.29 is 33.9 Å². The van der Waals surface area contributed by atoms with Gasteiger partial charge in [0.15, 0.2) is 0 Å². The Morgan fingerprint density at radius 1 is 1.24 bits per heavy atom. The fourth-order valence-corrected chi connectivity index (χ4v) is 1.87. The van der Waals surface area contributed by atoms with Crippen LogP contribution in [-0.2, 0) is 28.8 Å². The molecule has 112 valence electrons. The highest BCUT2D eigenvalue weighted by molar-refractivity contribution is 6.12. The monoisotopic (exact) mass is 296 g/mol. The van der Waals surface area contributed by atoms with Gasteiger partial charge in [0.1, 0.15) is 6.10 Å². The van der Waals surface area contributed by atoms with Crippen LogP contribution >= 0.6 is 0 Å². The topological polar surface area (TPSA) is 121 Å². The fraction of sp³-hybridized carbons (Fsp3) is 0.417. The Hall–Kier alpha value is -2.55. The van der Waals surface area contributed by atoms with Gasteiger partial charge in [0.05, 0.1) is 6.42 Å². The number of nitrogens with zero attached hydrogens (tertiary/aromatic N) is 2. The van der Waals surface area contributed by atoms with Gasteiger partial charge in [-0.1, -0.05) is 5.06 Å². The maximum atomic E-state index is 11.5. The van der Waals surface area contributed by atoms with Crippen LogP contribution in [0.4, 0.5) is 0 Å². The zero-order chi connectivity index (χ0) is 15.6. The number of imide groups is 2. The van der Waals surface area contributed by atoms with E-state index < -0.39 is 42.1 Å². The summed E-state index contributed by atoms with van der Waals surface area (Å²) in [6.07, 6.45) is 0.291. The van der Waals surface area contributed by atoms with Crippen molar-refractivity contribution in [3.63, 3.8) is 0 Å². The van der Waals surface area contributed by atoms with Crippen molar-refractivity contribution in [2.45, 2.75) is 25.4 Å². The lowest BCUT2D eigenvalue weighted by atomic mass is 10.3. The number of hydrogen-bond donors (Lipinski definition) is 1. The molecule has 4 amide bonds. The molecule has 1 saturated heterocycles. The van der Waals surface area contributed by atoms with Gasteiger partial charge in [0.25, 0.3) is 23.6 Å². The average molecular weight is 296 g/mol. The third-order valence-corrected chi connectivity index (χ3v) is 2.94. The SMILES string of the molecule is O=C(CCCN1C(=O)C=CC1=O)ON1C(=O)CC(O)C1=O. The number of hydroxylamine groups is 2. The Bertz CT molecular complexity index is 536. The second-order valence-corrected chi connectivity index (χ2v) is 4.47. The van der Waals surface area contributed by atoms with Gasteiger partial charge >= 0.3 is 5.97 Å². The first kappa shape index (κ1) is 14.9. The molecule has 9 heteroatoms. The highest BCUT2D eigenvalue weighted by Gasteiger charge is 2.40. The molecule has 0 aromatic carbocycles.